The van der Waals surface area contributed by atoms with Gasteiger partial charge >= 0.3 is 0 Å². The van der Waals surface area contributed by atoms with Gasteiger partial charge in [-0.2, -0.15) is 0 Å². The molecule has 6 nitrogen and oxygen atoms in total. The van der Waals surface area contributed by atoms with Crippen LogP contribution in [0.25, 0.3) is 0 Å². The summed E-state index contributed by atoms with van der Waals surface area (Å²) in [6, 6.07) is 0.239. The van der Waals surface area contributed by atoms with E-state index in [0.29, 0.717) is 17.2 Å². The number of nitrogens with two attached hydrogens (primary N) is 1. The Bertz CT molecular complexity index is 481. The van der Waals surface area contributed by atoms with Crippen LogP contribution in [0.3, 0.4) is 0 Å². The van der Waals surface area contributed by atoms with Gasteiger partial charge in [-0.25, -0.2) is 9.97 Å². The second-order valence-electron chi connectivity index (χ2n) is 5.95. The third-order valence-corrected chi connectivity index (χ3v) is 3.88. The van der Waals surface area contributed by atoms with Crippen molar-refractivity contribution in [1.82, 2.24) is 15.3 Å². The largest absolute Gasteiger partial charge is 0.348 e. The Balaban J connectivity index is 2.14. The van der Waals surface area contributed by atoms with Gasteiger partial charge < -0.3 is 10.7 Å². The van der Waals surface area contributed by atoms with Gasteiger partial charge in [-0.15, -0.1) is 0 Å². The van der Waals surface area contributed by atoms with Crippen molar-refractivity contribution in [2.75, 3.05) is 5.43 Å². The molecule has 6 heteroatoms. The van der Waals surface area contributed by atoms with Gasteiger partial charge in [0.2, 0.25) is 0 Å². The van der Waals surface area contributed by atoms with Crippen LogP contribution in [0, 0.1) is 0 Å². The number of hydrogen-bond donors (Lipinski definition) is 3. The van der Waals surface area contributed by atoms with Gasteiger partial charge in [-0.1, -0.05) is 39.5 Å². The van der Waals surface area contributed by atoms with Gasteiger partial charge in [0.1, 0.15) is 5.82 Å². The van der Waals surface area contributed by atoms with Gasteiger partial charge in [0.05, 0.1) is 11.9 Å². The van der Waals surface area contributed by atoms with E-state index >= 15 is 0 Å². The maximum Gasteiger partial charge on any atom is 0.272 e. The van der Waals surface area contributed by atoms with Crippen molar-refractivity contribution in [2.24, 2.45) is 5.84 Å². The van der Waals surface area contributed by atoms with E-state index in [4.69, 9.17) is 5.84 Å². The van der Waals surface area contributed by atoms with E-state index in [0.717, 1.165) is 12.8 Å². The minimum absolute atomic E-state index is 0.167. The highest BCUT2D eigenvalue weighted by atomic mass is 16.2. The summed E-state index contributed by atoms with van der Waals surface area (Å²) in [6.07, 6.45) is 8.52. The van der Waals surface area contributed by atoms with Crippen molar-refractivity contribution < 1.29 is 4.79 Å². The van der Waals surface area contributed by atoms with Crippen molar-refractivity contribution in [3.8, 4) is 0 Å². The van der Waals surface area contributed by atoms with E-state index in [1.165, 1.54) is 25.7 Å². The lowest BCUT2D eigenvalue weighted by atomic mass is 10.1. The predicted molar refractivity (Wildman–Crippen MR) is 82.9 cm³/mol. The van der Waals surface area contributed by atoms with Crippen molar-refractivity contribution in [3.05, 3.63) is 17.7 Å². The quantitative estimate of drug-likeness (QED) is 0.450. The standard InChI is InChI=1S/C15H25N5O/c1-10(2)14-17-9-12(20-16)13(19-14)15(21)18-11-7-5-3-4-6-8-11/h9-11,20H,3-8,16H2,1-2H3,(H,18,21). The van der Waals surface area contributed by atoms with E-state index in [1.807, 2.05) is 13.8 Å². The lowest BCUT2D eigenvalue weighted by Crippen LogP contribution is -2.36. The van der Waals surface area contributed by atoms with Crippen LogP contribution in [-0.2, 0) is 0 Å². The molecule has 1 aliphatic carbocycles. The average molecular weight is 291 g/mol. The SMILES string of the molecule is CC(C)c1ncc(NN)c(C(=O)NC2CCCCCC2)n1. The normalized spacial score (nSPS) is 16.6. The molecular formula is C15H25N5O. The first-order valence-corrected chi connectivity index (χ1v) is 7.76. The second kappa shape index (κ2) is 7.36. The number of hydrazine groups is 1. The highest BCUT2D eigenvalue weighted by molar-refractivity contribution is 5.97. The van der Waals surface area contributed by atoms with Crippen molar-refractivity contribution >= 4 is 11.6 Å². The first-order chi connectivity index (χ1) is 10.1. The third kappa shape index (κ3) is 4.14. The molecule has 1 saturated carbocycles. The fraction of sp³-hybridized carbons (Fsp3) is 0.667. The van der Waals surface area contributed by atoms with Crippen LogP contribution in [0.4, 0.5) is 5.69 Å². The molecule has 1 heterocycles. The van der Waals surface area contributed by atoms with Crippen molar-refractivity contribution in [3.63, 3.8) is 0 Å². The van der Waals surface area contributed by atoms with Gasteiger partial charge in [-0.3, -0.25) is 10.6 Å². The smallest absolute Gasteiger partial charge is 0.272 e. The predicted octanol–water partition coefficient (Wildman–Crippen LogP) is 2.34. The number of nitrogen functional groups attached to an aromatic ring is 1. The average Bonchev–Trinajstić information content (AvgIpc) is 2.75. The number of rotatable bonds is 4. The van der Waals surface area contributed by atoms with Crippen LogP contribution in [-0.4, -0.2) is 21.9 Å². The number of amides is 1. The van der Waals surface area contributed by atoms with Crippen LogP contribution in [0.1, 0.15) is 74.6 Å². The second-order valence-corrected chi connectivity index (χ2v) is 5.95. The topological polar surface area (TPSA) is 92.9 Å². The molecular weight excluding hydrogens is 266 g/mol. The molecule has 1 amide bonds. The van der Waals surface area contributed by atoms with Crippen LogP contribution in [0.15, 0.2) is 6.20 Å². The molecule has 0 radical (unpaired) electrons. The maximum absolute atomic E-state index is 12.5. The van der Waals surface area contributed by atoms with Crippen molar-refractivity contribution in [1.29, 1.82) is 0 Å². The molecule has 0 aromatic carbocycles. The molecule has 4 N–H and O–H groups in total. The van der Waals surface area contributed by atoms with Crippen LogP contribution in [0.2, 0.25) is 0 Å². The fourth-order valence-corrected chi connectivity index (χ4v) is 2.63. The summed E-state index contributed by atoms with van der Waals surface area (Å²) in [5.74, 6) is 6.12. The molecule has 0 aliphatic heterocycles. The Morgan fingerprint density at radius 1 is 1.29 bits per heavy atom. The number of nitrogens with one attached hydrogen (secondary N) is 2. The first-order valence-electron chi connectivity index (χ1n) is 7.76. The van der Waals surface area contributed by atoms with Gasteiger partial charge in [0.15, 0.2) is 5.69 Å². The maximum atomic E-state index is 12.5. The molecule has 2 rings (SSSR count). The fourth-order valence-electron chi connectivity index (χ4n) is 2.63. The summed E-state index contributed by atoms with van der Waals surface area (Å²) in [7, 11) is 0. The third-order valence-electron chi connectivity index (χ3n) is 3.88. The molecule has 116 valence electrons. The molecule has 21 heavy (non-hydrogen) atoms. The lowest BCUT2D eigenvalue weighted by molar-refractivity contribution is 0.0928. The molecule has 1 aromatic heterocycles. The van der Waals surface area contributed by atoms with Gasteiger partial charge in [0, 0.05) is 12.0 Å². The van der Waals surface area contributed by atoms with Gasteiger partial charge in [0.25, 0.3) is 5.91 Å². The number of hydrogen-bond acceptors (Lipinski definition) is 5. The zero-order chi connectivity index (χ0) is 15.2. The number of nitrogens with zero attached hydrogens (tertiary/aromatic N) is 2. The van der Waals surface area contributed by atoms with E-state index in [-0.39, 0.29) is 17.9 Å². The summed E-state index contributed by atoms with van der Waals surface area (Å²) in [6.45, 7) is 4.00. The van der Waals surface area contributed by atoms with Crippen molar-refractivity contribution in [2.45, 2.75) is 64.3 Å². The number of anilines is 1. The molecule has 0 saturated heterocycles. The molecule has 0 unspecified atom stereocenters. The minimum Gasteiger partial charge on any atom is -0.348 e. The van der Waals surface area contributed by atoms with Crippen LogP contribution >= 0.6 is 0 Å². The highest BCUT2D eigenvalue weighted by Crippen LogP contribution is 2.19. The number of carbonyl (C=O) groups excluding carboxylic acids is 1. The Hall–Kier alpha value is -1.69. The molecule has 0 atom stereocenters. The molecule has 0 bridgehead atoms. The minimum atomic E-state index is -0.167. The van der Waals surface area contributed by atoms with E-state index in [2.05, 4.69) is 20.7 Å². The summed E-state index contributed by atoms with van der Waals surface area (Å²) in [4.78, 5) is 21.1. The first kappa shape index (κ1) is 15.7. The highest BCUT2D eigenvalue weighted by Gasteiger charge is 2.20. The molecule has 1 aromatic rings. The summed E-state index contributed by atoms with van der Waals surface area (Å²) < 4.78 is 0. The Morgan fingerprint density at radius 2 is 1.95 bits per heavy atom. The Labute approximate surface area is 125 Å². The molecule has 1 aliphatic rings. The summed E-state index contributed by atoms with van der Waals surface area (Å²) in [5, 5.41) is 3.09. The number of aromatic nitrogens is 2. The summed E-state index contributed by atoms with van der Waals surface area (Å²) in [5.41, 5.74) is 3.30. The molecule has 0 spiro atoms. The molecule has 1 fully saturated rings. The monoisotopic (exact) mass is 291 g/mol. The Kier molecular flexibility index (Phi) is 5.50. The lowest BCUT2D eigenvalue weighted by Gasteiger charge is -2.17. The Morgan fingerprint density at radius 3 is 2.52 bits per heavy atom. The van der Waals surface area contributed by atoms with Gasteiger partial charge in [-0.05, 0) is 12.8 Å². The van der Waals surface area contributed by atoms with Crippen LogP contribution in [0.5, 0.6) is 0 Å². The zero-order valence-electron chi connectivity index (χ0n) is 12.9. The van der Waals surface area contributed by atoms with E-state index < -0.39 is 0 Å². The summed E-state index contributed by atoms with van der Waals surface area (Å²) >= 11 is 0. The number of carbonyl (C=O) groups is 1. The van der Waals surface area contributed by atoms with Crippen LogP contribution < -0.4 is 16.6 Å². The zero-order valence-corrected chi connectivity index (χ0v) is 12.9. The van der Waals surface area contributed by atoms with E-state index in [1.54, 1.807) is 6.20 Å². The van der Waals surface area contributed by atoms with E-state index in [9.17, 15) is 4.79 Å².